The molecule has 1 unspecified atom stereocenters. The summed E-state index contributed by atoms with van der Waals surface area (Å²) in [5.41, 5.74) is 0.263. The smallest absolute Gasteiger partial charge is 0.0646 e. The van der Waals surface area contributed by atoms with Gasteiger partial charge in [-0.05, 0) is 26.3 Å². The Balaban J connectivity index is 1.76. The van der Waals surface area contributed by atoms with Crippen molar-refractivity contribution in [3.8, 4) is 0 Å². The van der Waals surface area contributed by atoms with Gasteiger partial charge in [0.1, 0.15) is 0 Å². The molecular formula is C17H35NO. The Morgan fingerprint density at radius 3 is 2.00 bits per heavy atom. The van der Waals surface area contributed by atoms with E-state index in [0.29, 0.717) is 0 Å². The first-order valence-corrected chi connectivity index (χ1v) is 8.60. The maximum Gasteiger partial charge on any atom is 0.0646 e. The third-order valence-corrected chi connectivity index (χ3v) is 4.30. The molecule has 0 amide bonds. The van der Waals surface area contributed by atoms with Crippen LogP contribution in [0.2, 0.25) is 0 Å². The van der Waals surface area contributed by atoms with Crippen molar-refractivity contribution < 1.29 is 4.74 Å². The predicted molar refractivity (Wildman–Crippen MR) is 83.7 cm³/mol. The molecule has 1 aliphatic heterocycles. The van der Waals surface area contributed by atoms with Crippen LogP contribution in [-0.4, -0.2) is 25.3 Å². The van der Waals surface area contributed by atoms with Crippen molar-refractivity contribution in [2.75, 3.05) is 19.8 Å². The average molecular weight is 269 g/mol. The molecule has 0 spiro atoms. The first-order chi connectivity index (χ1) is 9.27. The van der Waals surface area contributed by atoms with Crippen LogP contribution in [0.1, 0.15) is 84.5 Å². The van der Waals surface area contributed by atoms with Crippen molar-refractivity contribution in [1.82, 2.24) is 5.32 Å². The van der Waals surface area contributed by atoms with E-state index in [-0.39, 0.29) is 5.54 Å². The second kappa shape index (κ2) is 10.7. The van der Waals surface area contributed by atoms with E-state index in [9.17, 15) is 0 Å². The standard InChI is InChI=1S/C17H35NO/c1-3-4-5-6-7-8-9-10-11-12-14-18-17(2)13-15-19-16-17/h18H,3-16H2,1-2H3. The van der Waals surface area contributed by atoms with Crippen LogP contribution in [-0.2, 0) is 4.74 Å². The molecule has 0 bridgehead atoms. The number of rotatable bonds is 12. The third-order valence-electron chi connectivity index (χ3n) is 4.30. The molecule has 1 atom stereocenters. The van der Waals surface area contributed by atoms with E-state index in [4.69, 9.17) is 4.74 Å². The first-order valence-electron chi connectivity index (χ1n) is 8.60. The summed E-state index contributed by atoms with van der Waals surface area (Å²) in [6.07, 6.45) is 15.3. The van der Waals surface area contributed by atoms with E-state index in [0.717, 1.165) is 19.8 Å². The Hall–Kier alpha value is -0.0800. The first kappa shape index (κ1) is 17.0. The van der Waals surface area contributed by atoms with Gasteiger partial charge in [-0.15, -0.1) is 0 Å². The van der Waals surface area contributed by atoms with Crippen LogP contribution in [0.25, 0.3) is 0 Å². The Labute approximate surface area is 120 Å². The fraction of sp³-hybridized carbons (Fsp3) is 1.00. The van der Waals surface area contributed by atoms with Gasteiger partial charge in [0.05, 0.1) is 6.61 Å². The number of hydrogen-bond donors (Lipinski definition) is 1. The van der Waals surface area contributed by atoms with Crippen LogP contribution < -0.4 is 5.32 Å². The zero-order valence-electron chi connectivity index (χ0n) is 13.3. The van der Waals surface area contributed by atoms with E-state index in [1.165, 1.54) is 70.6 Å². The lowest BCUT2D eigenvalue weighted by molar-refractivity contribution is 0.171. The minimum absolute atomic E-state index is 0.263. The van der Waals surface area contributed by atoms with Crippen LogP contribution in [0.4, 0.5) is 0 Å². The minimum Gasteiger partial charge on any atom is -0.379 e. The largest absolute Gasteiger partial charge is 0.379 e. The number of nitrogens with one attached hydrogen (secondary N) is 1. The molecule has 2 heteroatoms. The molecule has 0 aromatic heterocycles. The Morgan fingerprint density at radius 1 is 0.895 bits per heavy atom. The molecule has 1 heterocycles. The molecule has 114 valence electrons. The van der Waals surface area contributed by atoms with Gasteiger partial charge in [0.15, 0.2) is 0 Å². The van der Waals surface area contributed by atoms with Gasteiger partial charge >= 0.3 is 0 Å². The highest BCUT2D eigenvalue weighted by atomic mass is 16.5. The molecule has 19 heavy (non-hydrogen) atoms. The quantitative estimate of drug-likeness (QED) is 0.520. The van der Waals surface area contributed by atoms with Gasteiger partial charge in [0, 0.05) is 12.1 Å². The third kappa shape index (κ3) is 8.65. The highest BCUT2D eigenvalue weighted by Crippen LogP contribution is 2.17. The van der Waals surface area contributed by atoms with E-state index in [1.807, 2.05) is 0 Å². The minimum atomic E-state index is 0.263. The van der Waals surface area contributed by atoms with Crippen LogP contribution in [0.3, 0.4) is 0 Å². The Kier molecular flexibility index (Phi) is 9.54. The lowest BCUT2D eigenvalue weighted by atomic mass is 10.0. The van der Waals surface area contributed by atoms with Crippen LogP contribution >= 0.6 is 0 Å². The number of ether oxygens (including phenoxy) is 1. The summed E-state index contributed by atoms with van der Waals surface area (Å²) in [6, 6.07) is 0. The Bertz CT molecular complexity index is 199. The van der Waals surface area contributed by atoms with Crippen molar-refractivity contribution in [3.05, 3.63) is 0 Å². The highest BCUT2D eigenvalue weighted by molar-refractivity contribution is 4.86. The van der Waals surface area contributed by atoms with Crippen molar-refractivity contribution in [1.29, 1.82) is 0 Å². The predicted octanol–water partition coefficient (Wildman–Crippen LogP) is 4.68. The van der Waals surface area contributed by atoms with Gasteiger partial charge in [-0.1, -0.05) is 64.7 Å². The summed E-state index contributed by atoms with van der Waals surface area (Å²) in [6.45, 7) is 7.56. The van der Waals surface area contributed by atoms with E-state index in [1.54, 1.807) is 0 Å². The topological polar surface area (TPSA) is 21.3 Å². The van der Waals surface area contributed by atoms with Crippen LogP contribution in [0, 0.1) is 0 Å². The van der Waals surface area contributed by atoms with Gasteiger partial charge in [-0.2, -0.15) is 0 Å². The molecule has 1 aliphatic rings. The fourth-order valence-corrected chi connectivity index (χ4v) is 2.81. The normalized spacial score (nSPS) is 23.1. The molecule has 0 aliphatic carbocycles. The molecule has 1 N–H and O–H groups in total. The number of unbranched alkanes of at least 4 members (excludes halogenated alkanes) is 9. The van der Waals surface area contributed by atoms with Gasteiger partial charge in [-0.25, -0.2) is 0 Å². The molecule has 2 nitrogen and oxygen atoms in total. The lowest BCUT2D eigenvalue weighted by Gasteiger charge is -2.23. The molecule has 1 saturated heterocycles. The van der Waals surface area contributed by atoms with E-state index >= 15 is 0 Å². The van der Waals surface area contributed by atoms with E-state index in [2.05, 4.69) is 19.2 Å². The maximum absolute atomic E-state index is 5.45. The molecule has 0 aromatic carbocycles. The molecule has 1 rings (SSSR count). The second-order valence-electron chi connectivity index (χ2n) is 6.47. The van der Waals surface area contributed by atoms with Gasteiger partial charge in [-0.3, -0.25) is 0 Å². The van der Waals surface area contributed by atoms with Gasteiger partial charge < -0.3 is 10.1 Å². The Morgan fingerprint density at radius 2 is 1.47 bits per heavy atom. The summed E-state index contributed by atoms with van der Waals surface area (Å²) < 4.78 is 5.45. The molecule has 0 aromatic rings. The average Bonchev–Trinajstić information content (AvgIpc) is 2.83. The lowest BCUT2D eigenvalue weighted by Crippen LogP contribution is -2.43. The molecule has 0 radical (unpaired) electrons. The fourth-order valence-electron chi connectivity index (χ4n) is 2.81. The van der Waals surface area contributed by atoms with Crippen molar-refractivity contribution in [3.63, 3.8) is 0 Å². The van der Waals surface area contributed by atoms with Crippen molar-refractivity contribution in [2.24, 2.45) is 0 Å². The van der Waals surface area contributed by atoms with Gasteiger partial charge in [0.25, 0.3) is 0 Å². The maximum atomic E-state index is 5.45. The zero-order valence-corrected chi connectivity index (χ0v) is 13.3. The SMILES string of the molecule is CCCCCCCCCCCCNC1(C)CCOC1. The van der Waals surface area contributed by atoms with Gasteiger partial charge in [0.2, 0.25) is 0 Å². The molecular weight excluding hydrogens is 234 g/mol. The summed E-state index contributed by atoms with van der Waals surface area (Å²) in [4.78, 5) is 0. The second-order valence-corrected chi connectivity index (χ2v) is 6.47. The molecule has 0 saturated carbocycles. The van der Waals surface area contributed by atoms with Crippen LogP contribution in [0.5, 0.6) is 0 Å². The number of hydrogen-bond acceptors (Lipinski definition) is 2. The van der Waals surface area contributed by atoms with Crippen molar-refractivity contribution >= 4 is 0 Å². The van der Waals surface area contributed by atoms with Crippen molar-refractivity contribution in [2.45, 2.75) is 90.0 Å². The summed E-state index contributed by atoms with van der Waals surface area (Å²) in [5.74, 6) is 0. The monoisotopic (exact) mass is 269 g/mol. The summed E-state index contributed by atoms with van der Waals surface area (Å²) in [7, 11) is 0. The van der Waals surface area contributed by atoms with E-state index < -0.39 is 0 Å². The highest BCUT2D eigenvalue weighted by Gasteiger charge is 2.28. The molecule has 1 fully saturated rings. The van der Waals surface area contributed by atoms with Crippen LogP contribution in [0.15, 0.2) is 0 Å². The zero-order chi connectivity index (χ0) is 13.8. The summed E-state index contributed by atoms with van der Waals surface area (Å²) >= 11 is 0. The summed E-state index contributed by atoms with van der Waals surface area (Å²) in [5, 5.41) is 3.66.